The molecule has 12 heteroatoms. The number of hydrogen-bond acceptors (Lipinski definition) is 8. The van der Waals surface area contributed by atoms with Crippen molar-refractivity contribution in [1.29, 1.82) is 0 Å². The maximum atomic E-state index is 13.5. The number of piperazine rings is 1. The molecule has 1 aliphatic heterocycles. The Morgan fingerprint density at radius 3 is 2.50 bits per heavy atom. The number of likely N-dealkylation sites (N-methyl/N-ethyl adjacent to an activating group) is 1. The van der Waals surface area contributed by atoms with Gasteiger partial charge in [-0.1, -0.05) is 33.6 Å². The van der Waals surface area contributed by atoms with Crippen LogP contribution >= 0.6 is 0 Å². The summed E-state index contributed by atoms with van der Waals surface area (Å²) < 4.78 is 36.0. The molecule has 4 rings (SSSR count). The highest BCUT2D eigenvalue weighted by molar-refractivity contribution is 7.89. The Hall–Kier alpha value is -2.83. The molecule has 0 unspecified atom stereocenters. The number of nitrogens with one attached hydrogen (secondary N) is 1. The first kappa shape index (κ1) is 26.2. The second-order valence-corrected chi connectivity index (χ2v) is 10.9. The fourth-order valence-corrected chi connectivity index (χ4v) is 5.77. The van der Waals surface area contributed by atoms with Crippen molar-refractivity contribution in [2.75, 3.05) is 39.3 Å². The van der Waals surface area contributed by atoms with E-state index in [0.717, 1.165) is 31.5 Å². The summed E-state index contributed by atoms with van der Waals surface area (Å²) in [6.07, 6.45) is 4.65. The first-order valence-electron chi connectivity index (χ1n) is 12.6. The molecule has 0 saturated carbocycles. The Morgan fingerprint density at radius 2 is 1.83 bits per heavy atom. The number of hydrogen-bond donors (Lipinski definition) is 1. The van der Waals surface area contributed by atoms with Crippen LogP contribution in [0, 0.1) is 0 Å². The quantitative estimate of drug-likeness (QED) is 0.406. The molecule has 36 heavy (non-hydrogen) atoms. The summed E-state index contributed by atoms with van der Waals surface area (Å²) in [5.74, 6) is 0.450. The van der Waals surface area contributed by atoms with Crippen molar-refractivity contribution in [3.05, 3.63) is 28.3 Å². The van der Waals surface area contributed by atoms with Gasteiger partial charge in [0.1, 0.15) is 16.2 Å². The molecule has 1 fully saturated rings. The number of aromatic nitrogens is 5. The lowest BCUT2D eigenvalue weighted by atomic mass is 10.2. The number of ether oxygens (including phenoxy) is 1. The average molecular weight is 518 g/mol. The minimum absolute atomic E-state index is 0.0491. The van der Waals surface area contributed by atoms with Crippen molar-refractivity contribution in [3.8, 4) is 17.3 Å². The largest absolute Gasteiger partial charge is 0.477 e. The van der Waals surface area contributed by atoms with E-state index in [4.69, 9.17) is 9.72 Å². The smallest absolute Gasteiger partial charge is 0.279 e. The highest BCUT2D eigenvalue weighted by atomic mass is 32.2. The summed E-state index contributed by atoms with van der Waals surface area (Å²) in [5.41, 5.74) is 1.55. The van der Waals surface area contributed by atoms with Gasteiger partial charge in [0.15, 0.2) is 5.52 Å². The summed E-state index contributed by atoms with van der Waals surface area (Å²) in [6, 6.07) is 1.51. The summed E-state index contributed by atoms with van der Waals surface area (Å²) in [7, 11) is -1.99. The molecule has 0 atom stereocenters. The third-order valence-corrected chi connectivity index (χ3v) is 8.39. The van der Waals surface area contributed by atoms with Gasteiger partial charge in [-0.25, -0.2) is 18.4 Å². The molecule has 0 aliphatic carbocycles. The third kappa shape index (κ3) is 5.16. The van der Waals surface area contributed by atoms with Gasteiger partial charge in [-0.3, -0.25) is 9.48 Å². The second kappa shape index (κ2) is 11.1. The van der Waals surface area contributed by atoms with E-state index in [-0.39, 0.29) is 22.1 Å². The normalized spacial score (nSPS) is 15.6. The Morgan fingerprint density at radius 1 is 1.08 bits per heavy atom. The number of unbranched alkanes of at least 4 members (excludes halogenated alkanes) is 1. The summed E-state index contributed by atoms with van der Waals surface area (Å²) in [4.78, 5) is 27.1. The molecule has 196 valence electrons. The van der Waals surface area contributed by atoms with Crippen LogP contribution in [0.5, 0.6) is 5.88 Å². The Balaban J connectivity index is 1.80. The van der Waals surface area contributed by atoms with Crippen molar-refractivity contribution >= 4 is 21.1 Å². The monoisotopic (exact) mass is 517 g/mol. The zero-order chi connectivity index (χ0) is 25.9. The maximum absolute atomic E-state index is 13.5. The van der Waals surface area contributed by atoms with Gasteiger partial charge in [-0.15, -0.1) is 0 Å². The van der Waals surface area contributed by atoms with Crippen molar-refractivity contribution in [1.82, 2.24) is 33.9 Å². The van der Waals surface area contributed by atoms with Gasteiger partial charge in [0.25, 0.3) is 5.56 Å². The van der Waals surface area contributed by atoms with Crippen LogP contribution in [0.2, 0.25) is 0 Å². The lowest BCUT2D eigenvalue weighted by Gasteiger charge is -2.33. The van der Waals surface area contributed by atoms with Gasteiger partial charge in [0.05, 0.1) is 24.1 Å². The van der Waals surface area contributed by atoms with E-state index in [9.17, 15) is 13.2 Å². The van der Waals surface area contributed by atoms with Crippen LogP contribution < -0.4 is 10.3 Å². The fraction of sp³-hybridized carbons (Fsp3) is 0.583. The van der Waals surface area contributed by atoms with E-state index in [1.165, 1.54) is 16.6 Å². The molecule has 1 aliphatic rings. The minimum Gasteiger partial charge on any atom is -0.477 e. The third-order valence-electron chi connectivity index (χ3n) is 6.53. The number of aromatic amines is 1. The van der Waals surface area contributed by atoms with E-state index in [0.29, 0.717) is 50.3 Å². The van der Waals surface area contributed by atoms with Crippen LogP contribution in [0.4, 0.5) is 0 Å². The van der Waals surface area contributed by atoms with Crippen LogP contribution in [0.3, 0.4) is 0 Å². The van der Waals surface area contributed by atoms with Crippen LogP contribution in [0.1, 0.15) is 45.7 Å². The molecule has 0 amide bonds. The van der Waals surface area contributed by atoms with Gasteiger partial charge < -0.3 is 14.6 Å². The molecule has 1 N–H and O–H groups in total. The topological polar surface area (TPSA) is 126 Å². The average Bonchev–Trinajstić information content (AvgIpc) is 3.20. The van der Waals surface area contributed by atoms with E-state index in [1.807, 2.05) is 6.92 Å². The van der Waals surface area contributed by atoms with Gasteiger partial charge in [0, 0.05) is 33.2 Å². The fourth-order valence-electron chi connectivity index (χ4n) is 4.38. The number of nitrogens with zero attached hydrogens (tertiary/aromatic N) is 6. The lowest BCUT2D eigenvalue weighted by Crippen LogP contribution is -2.48. The molecule has 11 nitrogen and oxygen atoms in total. The van der Waals surface area contributed by atoms with Crippen molar-refractivity contribution in [3.63, 3.8) is 0 Å². The Kier molecular flexibility index (Phi) is 8.06. The summed E-state index contributed by atoms with van der Waals surface area (Å²) in [6.45, 7) is 9.66. The highest BCUT2D eigenvalue weighted by Crippen LogP contribution is 2.30. The predicted molar refractivity (Wildman–Crippen MR) is 138 cm³/mol. The highest BCUT2D eigenvalue weighted by Gasteiger charge is 2.30. The molecule has 0 radical (unpaired) electrons. The Labute approximate surface area is 211 Å². The van der Waals surface area contributed by atoms with E-state index < -0.39 is 15.6 Å². The zero-order valence-electron chi connectivity index (χ0n) is 21.5. The summed E-state index contributed by atoms with van der Waals surface area (Å²) in [5, 5.41) is 4.34. The Bertz CT molecular complexity index is 1380. The zero-order valence-corrected chi connectivity index (χ0v) is 22.3. The molecule has 0 spiro atoms. The number of aryl methyl sites for hydroxylation is 2. The molecule has 3 aromatic rings. The maximum Gasteiger partial charge on any atom is 0.279 e. The molecular weight excluding hydrogens is 482 g/mol. The molecule has 0 bridgehead atoms. The molecular formula is C24H35N7O4S. The van der Waals surface area contributed by atoms with Crippen LogP contribution in [-0.4, -0.2) is 81.7 Å². The number of pyridine rings is 1. The first-order chi connectivity index (χ1) is 17.3. The molecule has 1 saturated heterocycles. The van der Waals surface area contributed by atoms with E-state index in [2.05, 4.69) is 33.8 Å². The predicted octanol–water partition coefficient (Wildman–Crippen LogP) is 2.18. The van der Waals surface area contributed by atoms with Gasteiger partial charge in [0.2, 0.25) is 15.9 Å². The minimum atomic E-state index is -3.78. The van der Waals surface area contributed by atoms with Gasteiger partial charge in [-0.2, -0.15) is 9.40 Å². The van der Waals surface area contributed by atoms with Crippen molar-refractivity contribution < 1.29 is 13.2 Å². The van der Waals surface area contributed by atoms with Crippen molar-refractivity contribution in [2.45, 2.75) is 51.3 Å². The summed E-state index contributed by atoms with van der Waals surface area (Å²) >= 11 is 0. The molecule has 0 aromatic carbocycles. The SMILES string of the molecule is CCCCOc1ncc(S(=O)(=O)N2CCN(CC)CC2)cc1-c1nc2c(CCC)n(C)nc2c(=O)[nH]1. The molecule has 4 heterocycles. The van der Waals surface area contributed by atoms with E-state index in [1.54, 1.807) is 11.7 Å². The van der Waals surface area contributed by atoms with Crippen LogP contribution in [0.25, 0.3) is 22.4 Å². The number of rotatable bonds is 10. The number of H-pyrrole nitrogens is 1. The number of sulfonamides is 1. The van der Waals surface area contributed by atoms with Crippen molar-refractivity contribution in [2.24, 2.45) is 7.05 Å². The van der Waals surface area contributed by atoms with Crippen LogP contribution in [-0.2, 0) is 23.5 Å². The second-order valence-electron chi connectivity index (χ2n) is 9.00. The van der Waals surface area contributed by atoms with Gasteiger partial charge in [-0.05, 0) is 25.5 Å². The van der Waals surface area contributed by atoms with E-state index >= 15 is 0 Å². The molecule has 3 aromatic heterocycles. The lowest BCUT2D eigenvalue weighted by molar-refractivity contribution is 0.196. The number of fused-ring (bicyclic) bond motifs is 1. The standard InChI is InChI=1S/C24H35N7O4S/c1-5-8-14-35-24-18(22-26-20-19(9-6-2)29(4)28-21(20)23(32)27-22)15-17(16-25-24)36(33,34)31-12-10-30(7-3)11-13-31/h15-16H,5-14H2,1-4H3,(H,26,27,32). The first-order valence-corrected chi connectivity index (χ1v) is 14.1. The van der Waals surface area contributed by atoms with Crippen LogP contribution in [0.15, 0.2) is 22.0 Å². The van der Waals surface area contributed by atoms with Gasteiger partial charge >= 0.3 is 0 Å².